The van der Waals surface area contributed by atoms with E-state index in [1.54, 1.807) is 13.0 Å². The van der Waals surface area contributed by atoms with Gasteiger partial charge in [0.25, 0.3) is 0 Å². The van der Waals surface area contributed by atoms with E-state index in [9.17, 15) is 18.0 Å². The van der Waals surface area contributed by atoms with E-state index in [0.29, 0.717) is 37.6 Å². The number of carbonyl (C=O) groups excluding carboxylic acids is 2. The Bertz CT molecular complexity index is 913. The highest BCUT2D eigenvalue weighted by molar-refractivity contribution is 7.89. The number of benzene rings is 1. The van der Waals surface area contributed by atoms with Gasteiger partial charge in [-0.3, -0.25) is 14.5 Å². The van der Waals surface area contributed by atoms with Crippen LogP contribution in [0.3, 0.4) is 0 Å². The second-order valence-electron chi connectivity index (χ2n) is 8.59. The predicted octanol–water partition coefficient (Wildman–Crippen LogP) is 2.72. The van der Waals surface area contributed by atoms with E-state index >= 15 is 0 Å². The van der Waals surface area contributed by atoms with Crippen LogP contribution in [0.4, 0.5) is 5.69 Å². The number of nitrogens with one attached hydrogen (secondary N) is 1. The van der Waals surface area contributed by atoms with Gasteiger partial charge in [0.1, 0.15) is 5.75 Å². The molecule has 0 aliphatic carbocycles. The molecule has 0 aromatic heterocycles. The number of rotatable bonds is 11. The highest BCUT2D eigenvalue weighted by atomic mass is 32.2. The molecule has 1 amide bonds. The Hall–Kier alpha value is -2.17. The molecular weight excluding hydrogens is 446 g/mol. The average Bonchev–Trinajstić information content (AvgIpc) is 2.79. The number of likely N-dealkylation sites (N-methyl/N-ethyl adjacent to an activating group) is 1. The fourth-order valence-corrected chi connectivity index (χ4v) is 5.28. The first-order valence-electron chi connectivity index (χ1n) is 11.5. The molecule has 0 saturated carbocycles. The molecule has 1 aromatic carbocycles. The van der Waals surface area contributed by atoms with Gasteiger partial charge in [0, 0.05) is 19.6 Å². The van der Waals surface area contributed by atoms with Gasteiger partial charge in [-0.1, -0.05) is 20.3 Å². The van der Waals surface area contributed by atoms with Gasteiger partial charge in [-0.2, -0.15) is 4.31 Å². The number of hydrogen-bond donors (Lipinski definition) is 1. The molecule has 1 atom stereocenters. The molecule has 1 saturated heterocycles. The number of esters is 1. The highest BCUT2D eigenvalue weighted by Gasteiger charge is 2.27. The average molecular weight is 484 g/mol. The zero-order valence-electron chi connectivity index (χ0n) is 20.3. The maximum atomic E-state index is 13.1. The Balaban J connectivity index is 2.22. The zero-order valence-corrected chi connectivity index (χ0v) is 21.1. The van der Waals surface area contributed by atoms with E-state index in [2.05, 4.69) is 5.32 Å². The quantitative estimate of drug-likeness (QED) is 0.483. The lowest BCUT2D eigenvalue weighted by atomic mass is 10.1. The van der Waals surface area contributed by atoms with Crippen molar-refractivity contribution in [2.75, 3.05) is 45.2 Å². The van der Waals surface area contributed by atoms with Gasteiger partial charge in [0.15, 0.2) is 0 Å². The van der Waals surface area contributed by atoms with Crippen LogP contribution in [0.2, 0.25) is 0 Å². The fourth-order valence-electron chi connectivity index (χ4n) is 3.74. The van der Waals surface area contributed by atoms with E-state index in [-0.39, 0.29) is 35.3 Å². The third-order valence-corrected chi connectivity index (χ3v) is 7.39. The summed E-state index contributed by atoms with van der Waals surface area (Å²) in [5.74, 6) is -0.630. The first kappa shape index (κ1) is 27.1. The van der Waals surface area contributed by atoms with Crippen molar-refractivity contribution in [3.63, 3.8) is 0 Å². The Morgan fingerprint density at radius 1 is 1.15 bits per heavy atom. The van der Waals surface area contributed by atoms with Crippen LogP contribution in [-0.4, -0.2) is 75.4 Å². The Morgan fingerprint density at radius 2 is 1.82 bits per heavy atom. The monoisotopic (exact) mass is 483 g/mol. The molecule has 1 heterocycles. The van der Waals surface area contributed by atoms with Crippen molar-refractivity contribution in [3.8, 4) is 5.75 Å². The molecule has 0 radical (unpaired) electrons. The van der Waals surface area contributed by atoms with Crippen LogP contribution in [0.15, 0.2) is 23.1 Å². The largest absolute Gasteiger partial charge is 0.489 e. The molecule has 9 nitrogen and oxygen atoms in total. The van der Waals surface area contributed by atoms with Crippen molar-refractivity contribution < 1.29 is 27.5 Å². The summed E-state index contributed by atoms with van der Waals surface area (Å²) in [7, 11) is -2.32. The van der Waals surface area contributed by atoms with E-state index in [0.717, 1.165) is 19.3 Å². The van der Waals surface area contributed by atoms with E-state index < -0.39 is 10.0 Å². The van der Waals surface area contributed by atoms with Gasteiger partial charge in [0.2, 0.25) is 15.9 Å². The third-order valence-electron chi connectivity index (χ3n) is 5.49. The minimum atomic E-state index is -3.66. The molecule has 0 spiro atoms. The molecule has 2 rings (SSSR count). The van der Waals surface area contributed by atoms with Gasteiger partial charge in [-0.15, -0.1) is 0 Å². The topological polar surface area (TPSA) is 105 Å². The molecule has 1 aliphatic rings. The van der Waals surface area contributed by atoms with Gasteiger partial charge in [-0.05, 0) is 51.4 Å². The number of sulfonamides is 1. The minimum absolute atomic E-state index is 0.0437. The van der Waals surface area contributed by atoms with Gasteiger partial charge >= 0.3 is 5.97 Å². The molecule has 1 N–H and O–H groups in total. The van der Waals surface area contributed by atoms with Gasteiger partial charge < -0.3 is 14.8 Å². The van der Waals surface area contributed by atoms with Gasteiger partial charge in [-0.25, -0.2) is 8.42 Å². The lowest BCUT2D eigenvalue weighted by Crippen LogP contribution is -2.38. The summed E-state index contributed by atoms with van der Waals surface area (Å²) in [6.45, 7) is 9.33. The van der Waals surface area contributed by atoms with Crippen LogP contribution in [0.25, 0.3) is 0 Å². The van der Waals surface area contributed by atoms with E-state index in [4.69, 9.17) is 9.47 Å². The lowest BCUT2D eigenvalue weighted by Gasteiger charge is -2.26. The summed E-state index contributed by atoms with van der Waals surface area (Å²) in [5.41, 5.74) is 0.309. The van der Waals surface area contributed by atoms with Gasteiger partial charge in [0.05, 0.1) is 36.3 Å². The Labute approximate surface area is 197 Å². The van der Waals surface area contributed by atoms with E-state index in [1.165, 1.54) is 23.5 Å². The molecule has 1 unspecified atom stereocenters. The minimum Gasteiger partial charge on any atom is -0.489 e. The summed E-state index contributed by atoms with van der Waals surface area (Å²) in [5, 5.41) is 2.81. The van der Waals surface area contributed by atoms with Crippen molar-refractivity contribution >= 4 is 27.6 Å². The number of carbonyl (C=O) groups is 2. The smallest absolute Gasteiger partial charge is 0.309 e. The zero-order chi connectivity index (χ0) is 24.6. The van der Waals surface area contributed by atoms with E-state index in [1.807, 2.05) is 25.7 Å². The first-order valence-corrected chi connectivity index (χ1v) is 12.9. The first-order chi connectivity index (χ1) is 15.6. The molecular formula is C23H37N3O6S. The number of ether oxygens (including phenoxy) is 2. The number of anilines is 1. The maximum Gasteiger partial charge on any atom is 0.309 e. The number of amides is 1. The number of nitrogens with zero attached hydrogens (tertiary/aromatic N) is 2. The van der Waals surface area contributed by atoms with Crippen molar-refractivity contribution in [1.29, 1.82) is 0 Å². The van der Waals surface area contributed by atoms with Crippen molar-refractivity contribution in [3.05, 3.63) is 18.2 Å². The molecule has 1 aliphatic heterocycles. The van der Waals surface area contributed by atoms with Crippen LogP contribution in [0.5, 0.6) is 5.75 Å². The second kappa shape index (κ2) is 12.3. The summed E-state index contributed by atoms with van der Waals surface area (Å²) in [4.78, 5) is 26.5. The summed E-state index contributed by atoms with van der Waals surface area (Å²) >= 11 is 0. The van der Waals surface area contributed by atoms with Crippen molar-refractivity contribution in [2.24, 2.45) is 5.92 Å². The summed E-state index contributed by atoms with van der Waals surface area (Å²) in [6.07, 6.45) is 2.55. The van der Waals surface area contributed by atoms with Crippen LogP contribution >= 0.6 is 0 Å². The summed E-state index contributed by atoms with van der Waals surface area (Å²) in [6, 6.07) is 4.57. The van der Waals surface area contributed by atoms with Crippen LogP contribution < -0.4 is 10.1 Å². The molecule has 186 valence electrons. The molecule has 10 heteroatoms. The molecule has 1 aromatic rings. The third kappa shape index (κ3) is 7.68. The van der Waals surface area contributed by atoms with Crippen LogP contribution in [0.1, 0.15) is 47.0 Å². The van der Waals surface area contributed by atoms with Crippen LogP contribution in [-0.2, 0) is 24.3 Å². The second-order valence-corrected chi connectivity index (χ2v) is 10.5. The lowest BCUT2D eigenvalue weighted by molar-refractivity contribution is -0.145. The number of methoxy groups -OCH3 is 1. The normalized spacial score (nSPS) is 16.0. The molecule has 1 fully saturated rings. The summed E-state index contributed by atoms with van der Waals surface area (Å²) < 4.78 is 38.3. The standard InChI is InChI=1S/C23H37N3O6S/c1-6-25(15-18(4)23(28)31-5)16-22(27)24-20-14-19(10-11-21(20)32-17(2)3)33(29,30)26-12-8-7-9-13-26/h10-11,14,17-18H,6-9,12-13,15-16H2,1-5H3,(H,24,27). The SMILES string of the molecule is CCN(CC(=O)Nc1cc(S(=O)(=O)N2CCCCC2)ccc1OC(C)C)CC(C)C(=O)OC. The molecule has 33 heavy (non-hydrogen) atoms. The fraction of sp³-hybridized carbons (Fsp3) is 0.652. The number of piperidine rings is 1. The maximum absolute atomic E-state index is 13.1. The van der Waals surface area contributed by atoms with Crippen molar-refractivity contribution in [2.45, 2.75) is 58.0 Å². The Morgan fingerprint density at radius 3 is 2.39 bits per heavy atom. The van der Waals surface area contributed by atoms with Crippen molar-refractivity contribution in [1.82, 2.24) is 9.21 Å². The van der Waals surface area contributed by atoms with Crippen LogP contribution in [0, 0.1) is 5.92 Å². The predicted molar refractivity (Wildman–Crippen MR) is 127 cm³/mol. The Kier molecular flexibility index (Phi) is 10.1. The number of hydrogen-bond acceptors (Lipinski definition) is 7. The molecule has 0 bridgehead atoms. The highest BCUT2D eigenvalue weighted by Crippen LogP contribution is 2.31.